The summed E-state index contributed by atoms with van der Waals surface area (Å²) >= 11 is 0. The van der Waals surface area contributed by atoms with Crippen molar-refractivity contribution in [2.24, 2.45) is 5.92 Å². The first-order valence-corrected chi connectivity index (χ1v) is 2.99. The molecule has 1 unspecified atom stereocenters. The van der Waals surface area contributed by atoms with Gasteiger partial charge in [-0.25, -0.2) is 0 Å². The lowest BCUT2D eigenvalue weighted by molar-refractivity contribution is -0.123. The van der Waals surface area contributed by atoms with Gasteiger partial charge >= 0.3 is 0 Å². The van der Waals surface area contributed by atoms with E-state index in [1.165, 1.54) is 0 Å². The highest BCUT2D eigenvalue weighted by molar-refractivity contribution is 5.76. The van der Waals surface area contributed by atoms with Crippen molar-refractivity contribution in [2.75, 3.05) is 6.54 Å². The van der Waals surface area contributed by atoms with E-state index in [1.807, 2.05) is 0 Å². The number of carbonyl (C=O) groups is 1. The molecule has 1 amide bonds. The second kappa shape index (κ2) is 2.16. The van der Waals surface area contributed by atoms with Crippen LogP contribution in [-0.2, 0) is 4.79 Å². The third-order valence-electron chi connectivity index (χ3n) is 1.43. The highest BCUT2D eigenvalue weighted by Crippen LogP contribution is 2.09. The largest absolute Gasteiger partial charge is 0.273 e. The minimum absolute atomic E-state index is 0.0862. The van der Waals surface area contributed by atoms with Crippen molar-refractivity contribution in [1.29, 1.82) is 0 Å². The Morgan fingerprint density at radius 2 is 2.50 bits per heavy atom. The van der Waals surface area contributed by atoms with Crippen molar-refractivity contribution in [3.63, 3.8) is 0 Å². The van der Waals surface area contributed by atoms with E-state index in [9.17, 15) is 4.79 Å². The second-order valence-corrected chi connectivity index (χ2v) is 2.38. The van der Waals surface area contributed by atoms with Gasteiger partial charge in [-0.1, -0.05) is 6.92 Å². The summed E-state index contributed by atoms with van der Waals surface area (Å²) in [6, 6.07) is 0. The molecule has 1 aliphatic heterocycles. The smallest absolute Gasteiger partial charge is 0.241 e. The lowest BCUT2D eigenvalue weighted by Crippen LogP contribution is -2.27. The molecule has 0 saturated carbocycles. The summed E-state index contributed by atoms with van der Waals surface area (Å²) < 4.78 is 0. The van der Waals surface area contributed by atoms with Crippen LogP contribution in [0, 0.1) is 5.92 Å². The van der Waals surface area contributed by atoms with Gasteiger partial charge in [0.25, 0.3) is 0 Å². The Kier molecular flexibility index (Phi) is 1.51. The van der Waals surface area contributed by atoms with Gasteiger partial charge in [0, 0.05) is 13.0 Å². The van der Waals surface area contributed by atoms with Crippen LogP contribution < -0.4 is 5.32 Å². The SMILES string of the molecule is CC1CCC(=O)[N]C1. The van der Waals surface area contributed by atoms with Crippen LogP contribution in [0.15, 0.2) is 0 Å². The van der Waals surface area contributed by atoms with Gasteiger partial charge in [-0.2, -0.15) is 0 Å². The molecule has 1 saturated heterocycles. The van der Waals surface area contributed by atoms with E-state index in [2.05, 4.69) is 12.2 Å². The molecule has 1 fully saturated rings. The standard InChI is InChI=1S/C6H10NO/c1-5-2-3-6(8)7-4-5/h5H,2-4H2,1H3. The van der Waals surface area contributed by atoms with E-state index >= 15 is 0 Å². The van der Waals surface area contributed by atoms with Gasteiger partial charge < -0.3 is 0 Å². The fourth-order valence-corrected chi connectivity index (χ4v) is 0.798. The van der Waals surface area contributed by atoms with Gasteiger partial charge in [-0.15, -0.1) is 0 Å². The minimum Gasteiger partial charge on any atom is -0.273 e. The van der Waals surface area contributed by atoms with Gasteiger partial charge in [0.2, 0.25) is 5.91 Å². The molecule has 1 atom stereocenters. The first kappa shape index (κ1) is 5.60. The fourth-order valence-electron chi connectivity index (χ4n) is 0.798. The molecule has 0 aromatic heterocycles. The topological polar surface area (TPSA) is 31.2 Å². The van der Waals surface area contributed by atoms with Crippen LogP contribution in [0.1, 0.15) is 19.8 Å². The Labute approximate surface area is 49.3 Å². The molecule has 2 nitrogen and oxygen atoms in total. The zero-order chi connectivity index (χ0) is 5.98. The molecule has 0 aromatic rings. The monoisotopic (exact) mass is 112 g/mol. The maximum absolute atomic E-state index is 10.4. The summed E-state index contributed by atoms with van der Waals surface area (Å²) in [6.07, 6.45) is 1.70. The van der Waals surface area contributed by atoms with Gasteiger partial charge in [0.1, 0.15) is 0 Å². The highest BCUT2D eigenvalue weighted by atomic mass is 16.1. The third kappa shape index (κ3) is 1.22. The summed E-state index contributed by atoms with van der Waals surface area (Å²) in [4.78, 5) is 10.4. The van der Waals surface area contributed by atoms with Crippen LogP contribution in [0.25, 0.3) is 0 Å². The molecular weight excluding hydrogens is 102 g/mol. The van der Waals surface area contributed by atoms with Gasteiger partial charge in [-0.3, -0.25) is 10.1 Å². The van der Waals surface area contributed by atoms with E-state index < -0.39 is 0 Å². The average Bonchev–Trinajstić information content (AvgIpc) is 1.77. The normalized spacial score (nSPS) is 29.6. The number of carbonyl (C=O) groups excluding carboxylic acids is 1. The first-order chi connectivity index (χ1) is 3.79. The van der Waals surface area contributed by atoms with Gasteiger partial charge in [-0.05, 0) is 12.3 Å². The van der Waals surface area contributed by atoms with Crippen molar-refractivity contribution in [3.05, 3.63) is 0 Å². The van der Waals surface area contributed by atoms with Crippen molar-refractivity contribution >= 4 is 5.91 Å². The third-order valence-corrected chi connectivity index (χ3v) is 1.43. The molecule has 1 rings (SSSR count). The molecule has 0 bridgehead atoms. The minimum atomic E-state index is 0.0862. The lowest BCUT2D eigenvalue weighted by Gasteiger charge is -2.14. The number of amides is 1. The fraction of sp³-hybridized carbons (Fsp3) is 0.833. The Hall–Kier alpha value is -0.530. The van der Waals surface area contributed by atoms with E-state index in [0.717, 1.165) is 13.0 Å². The molecule has 45 valence electrons. The highest BCUT2D eigenvalue weighted by Gasteiger charge is 2.14. The van der Waals surface area contributed by atoms with Crippen LogP contribution in [0.3, 0.4) is 0 Å². The summed E-state index contributed by atoms with van der Waals surface area (Å²) in [5, 5.41) is 3.77. The van der Waals surface area contributed by atoms with E-state index in [1.54, 1.807) is 0 Å². The zero-order valence-electron chi connectivity index (χ0n) is 5.05. The number of hydrogen-bond donors (Lipinski definition) is 0. The van der Waals surface area contributed by atoms with Crippen LogP contribution in [0.5, 0.6) is 0 Å². The molecule has 0 N–H and O–H groups in total. The first-order valence-electron chi connectivity index (χ1n) is 2.99. The van der Waals surface area contributed by atoms with Crippen molar-refractivity contribution in [1.82, 2.24) is 5.32 Å². The lowest BCUT2D eigenvalue weighted by atomic mass is 10.0. The summed E-state index contributed by atoms with van der Waals surface area (Å²) in [7, 11) is 0. The van der Waals surface area contributed by atoms with E-state index in [0.29, 0.717) is 12.3 Å². The van der Waals surface area contributed by atoms with E-state index in [-0.39, 0.29) is 5.91 Å². The molecule has 0 aromatic carbocycles. The maximum atomic E-state index is 10.4. The van der Waals surface area contributed by atoms with Crippen molar-refractivity contribution < 1.29 is 4.79 Å². The molecule has 0 spiro atoms. The van der Waals surface area contributed by atoms with Crippen molar-refractivity contribution in [3.8, 4) is 0 Å². The number of piperidine rings is 1. The molecular formula is C6H10NO. The van der Waals surface area contributed by atoms with E-state index in [4.69, 9.17) is 0 Å². The van der Waals surface area contributed by atoms with Crippen LogP contribution >= 0.6 is 0 Å². The number of hydrogen-bond acceptors (Lipinski definition) is 1. The Balaban J connectivity index is 2.29. The average molecular weight is 112 g/mol. The number of nitrogens with zero attached hydrogens (tertiary/aromatic N) is 1. The van der Waals surface area contributed by atoms with Crippen LogP contribution in [0.2, 0.25) is 0 Å². The number of rotatable bonds is 0. The summed E-state index contributed by atoms with van der Waals surface area (Å²) in [5.74, 6) is 0.718. The molecule has 0 aliphatic carbocycles. The Morgan fingerprint density at radius 3 is 2.88 bits per heavy atom. The quantitative estimate of drug-likeness (QED) is 0.450. The van der Waals surface area contributed by atoms with Crippen molar-refractivity contribution in [2.45, 2.75) is 19.8 Å². The van der Waals surface area contributed by atoms with Crippen LogP contribution in [-0.4, -0.2) is 12.5 Å². The Morgan fingerprint density at radius 1 is 1.75 bits per heavy atom. The maximum Gasteiger partial charge on any atom is 0.241 e. The van der Waals surface area contributed by atoms with Gasteiger partial charge in [0.05, 0.1) is 0 Å². The summed E-state index contributed by atoms with van der Waals surface area (Å²) in [6.45, 7) is 2.87. The molecule has 2 heteroatoms. The van der Waals surface area contributed by atoms with Gasteiger partial charge in [0.15, 0.2) is 0 Å². The van der Waals surface area contributed by atoms with Crippen LogP contribution in [0.4, 0.5) is 0 Å². The molecule has 1 radical (unpaired) electrons. The Bertz CT molecular complexity index is 90.7. The molecule has 8 heavy (non-hydrogen) atoms. The molecule has 1 heterocycles. The summed E-state index contributed by atoms with van der Waals surface area (Å²) in [5.41, 5.74) is 0. The predicted octanol–water partition coefficient (Wildman–Crippen LogP) is 0.547. The predicted molar refractivity (Wildman–Crippen MR) is 30.4 cm³/mol. The zero-order valence-corrected chi connectivity index (χ0v) is 5.05. The second-order valence-electron chi connectivity index (χ2n) is 2.38. The molecule has 1 aliphatic rings.